The first kappa shape index (κ1) is 14.3. The van der Waals surface area contributed by atoms with E-state index in [1.807, 2.05) is 7.11 Å². The van der Waals surface area contributed by atoms with Crippen LogP contribution in [0, 0.1) is 0 Å². The van der Waals surface area contributed by atoms with Crippen LogP contribution in [-0.2, 0) is 9.47 Å². The molecule has 2 aliphatic rings. The van der Waals surface area contributed by atoms with E-state index < -0.39 is 0 Å². The summed E-state index contributed by atoms with van der Waals surface area (Å²) in [6.07, 6.45) is 6.15. The third-order valence-corrected chi connectivity index (χ3v) is 4.15. The molecule has 106 valence electrons. The van der Waals surface area contributed by atoms with Crippen LogP contribution in [0.2, 0.25) is 0 Å². The molecule has 0 radical (unpaired) electrons. The summed E-state index contributed by atoms with van der Waals surface area (Å²) in [5, 5.41) is 3.37. The molecule has 0 aromatic heterocycles. The fraction of sp³-hybridized carbons (Fsp3) is 1.00. The molecule has 4 heteroatoms. The molecule has 2 heterocycles. The highest BCUT2D eigenvalue weighted by molar-refractivity contribution is 4.80. The third kappa shape index (κ3) is 4.19. The number of hydrogen-bond donors (Lipinski definition) is 1. The Hall–Kier alpha value is -0.160. The Kier molecular flexibility index (Phi) is 5.89. The van der Waals surface area contributed by atoms with E-state index in [-0.39, 0.29) is 0 Å². The molecule has 0 amide bonds. The Morgan fingerprint density at radius 2 is 1.89 bits per heavy atom. The van der Waals surface area contributed by atoms with E-state index in [9.17, 15) is 0 Å². The fourth-order valence-corrected chi connectivity index (χ4v) is 2.99. The van der Waals surface area contributed by atoms with Crippen molar-refractivity contribution in [3.8, 4) is 0 Å². The summed E-state index contributed by atoms with van der Waals surface area (Å²) in [5.74, 6) is 0. The molecule has 2 rings (SSSR count). The second kappa shape index (κ2) is 7.43. The van der Waals surface area contributed by atoms with Gasteiger partial charge < -0.3 is 19.7 Å². The minimum atomic E-state index is 0.437. The molecular weight excluding hydrogens is 228 g/mol. The number of likely N-dealkylation sites (tertiary alicyclic amines) is 1. The maximum Gasteiger partial charge on any atom is 0.0707 e. The van der Waals surface area contributed by atoms with Crippen molar-refractivity contribution in [2.24, 2.45) is 0 Å². The van der Waals surface area contributed by atoms with Crippen LogP contribution in [0.5, 0.6) is 0 Å². The van der Waals surface area contributed by atoms with Gasteiger partial charge in [-0.3, -0.25) is 0 Å². The van der Waals surface area contributed by atoms with Gasteiger partial charge in [0.25, 0.3) is 0 Å². The average Bonchev–Trinajstić information content (AvgIpc) is 2.85. The number of methoxy groups -OCH3 is 1. The van der Waals surface area contributed by atoms with Gasteiger partial charge in [0.15, 0.2) is 0 Å². The van der Waals surface area contributed by atoms with Gasteiger partial charge in [-0.15, -0.1) is 0 Å². The second-order valence-electron chi connectivity index (χ2n) is 5.50. The predicted molar refractivity (Wildman–Crippen MR) is 72.9 cm³/mol. The molecule has 0 bridgehead atoms. The third-order valence-electron chi connectivity index (χ3n) is 4.15. The molecule has 2 unspecified atom stereocenters. The maximum absolute atomic E-state index is 6.08. The van der Waals surface area contributed by atoms with Crippen molar-refractivity contribution in [2.75, 3.05) is 39.8 Å². The van der Waals surface area contributed by atoms with Gasteiger partial charge in [0, 0.05) is 33.3 Å². The lowest BCUT2D eigenvalue weighted by molar-refractivity contribution is -0.00132. The van der Waals surface area contributed by atoms with Gasteiger partial charge in [-0.05, 0) is 32.2 Å². The van der Waals surface area contributed by atoms with Gasteiger partial charge in [0.1, 0.15) is 0 Å². The SMILES string of the molecule is CCNCC1CCC(CN2CCC(OC)CC2)O1. The van der Waals surface area contributed by atoms with Crippen LogP contribution in [0.4, 0.5) is 0 Å². The minimum Gasteiger partial charge on any atom is -0.381 e. The Morgan fingerprint density at radius 1 is 1.17 bits per heavy atom. The van der Waals surface area contributed by atoms with Gasteiger partial charge in [0.05, 0.1) is 18.3 Å². The van der Waals surface area contributed by atoms with E-state index in [1.54, 1.807) is 0 Å². The van der Waals surface area contributed by atoms with Crippen molar-refractivity contribution in [3.63, 3.8) is 0 Å². The lowest BCUT2D eigenvalue weighted by atomic mass is 10.1. The topological polar surface area (TPSA) is 33.7 Å². The van der Waals surface area contributed by atoms with Gasteiger partial charge in [0.2, 0.25) is 0 Å². The van der Waals surface area contributed by atoms with Crippen molar-refractivity contribution < 1.29 is 9.47 Å². The molecular formula is C14H28N2O2. The quantitative estimate of drug-likeness (QED) is 0.775. The summed E-state index contributed by atoms with van der Waals surface area (Å²) in [4.78, 5) is 2.54. The number of ether oxygens (including phenoxy) is 2. The molecule has 0 aliphatic carbocycles. The second-order valence-corrected chi connectivity index (χ2v) is 5.50. The van der Waals surface area contributed by atoms with Crippen LogP contribution in [0.1, 0.15) is 32.6 Å². The summed E-state index contributed by atoms with van der Waals surface area (Å²) in [5.41, 5.74) is 0. The summed E-state index contributed by atoms with van der Waals surface area (Å²) in [7, 11) is 1.83. The smallest absolute Gasteiger partial charge is 0.0707 e. The highest BCUT2D eigenvalue weighted by atomic mass is 16.5. The number of nitrogens with one attached hydrogen (secondary N) is 1. The normalized spacial score (nSPS) is 31.0. The first-order valence-corrected chi connectivity index (χ1v) is 7.43. The molecule has 0 aromatic rings. The molecule has 0 aromatic carbocycles. The zero-order chi connectivity index (χ0) is 12.8. The molecule has 2 fully saturated rings. The Labute approximate surface area is 111 Å². The summed E-state index contributed by atoms with van der Waals surface area (Å²) < 4.78 is 11.5. The van der Waals surface area contributed by atoms with Crippen molar-refractivity contribution in [1.82, 2.24) is 10.2 Å². The number of nitrogens with zero attached hydrogens (tertiary/aromatic N) is 1. The molecule has 2 atom stereocenters. The van der Waals surface area contributed by atoms with Crippen LogP contribution in [0.15, 0.2) is 0 Å². The molecule has 4 nitrogen and oxygen atoms in total. The van der Waals surface area contributed by atoms with Gasteiger partial charge >= 0.3 is 0 Å². The summed E-state index contributed by atoms with van der Waals surface area (Å²) in [6.45, 7) is 7.63. The van der Waals surface area contributed by atoms with Crippen molar-refractivity contribution in [2.45, 2.75) is 50.9 Å². The van der Waals surface area contributed by atoms with Crippen LogP contribution < -0.4 is 5.32 Å². The van der Waals surface area contributed by atoms with E-state index in [1.165, 1.54) is 25.7 Å². The Morgan fingerprint density at radius 3 is 2.56 bits per heavy atom. The maximum atomic E-state index is 6.08. The molecule has 1 N–H and O–H groups in total. The number of hydrogen-bond acceptors (Lipinski definition) is 4. The molecule has 18 heavy (non-hydrogen) atoms. The van der Waals surface area contributed by atoms with Crippen LogP contribution in [0.25, 0.3) is 0 Å². The van der Waals surface area contributed by atoms with Crippen LogP contribution >= 0.6 is 0 Å². The van der Waals surface area contributed by atoms with Gasteiger partial charge in [-0.25, -0.2) is 0 Å². The van der Waals surface area contributed by atoms with E-state index in [0.717, 1.165) is 32.7 Å². The zero-order valence-electron chi connectivity index (χ0n) is 11.9. The van der Waals surface area contributed by atoms with E-state index in [4.69, 9.17) is 9.47 Å². The number of rotatable bonds is 6. The van der Waals surface area contributed by atoms with E-state index in [2.05, 4.69) is 17.1 Å². The highest BCUT2D eigenvalue weighted by Crippen LogP contribution is 2.22. The molecule has 0 saturated carbocycles. The lowest BCUT2D eigenvalue weighted by Gasteiger charge is -2.32. The lowest BCUT2D eigenvalue weighted by Crippen LogP contribution is -2.41. The summed E-state index contributed by atoms with van der Waals surface area (Å²) in [6, 6.07) is 0. The first-order chi connectivity index (χ1) is 8.81. The van der Waals surface area contributed by atoms with E-state index in [0.29, 0.717) is 18.3 Å². The largest absolute Gasteiger partial charge is 0.381 e. The molecule has 0 spiro atoms. The first-order valence-electron chi connectivity index (χ1n) is 7.43. The standard InChI is InChI=1S/C14H28N2O2/c1-3-15-10-13-4-5-14(18-13)11-16-8-6-12(17-2)7-9-16/h12-15H,3-11H2,1-2H3. The fourth-order valence-electron chi connectivity index (χ4n) is 2.99. The summed E-state index contributed by atoms with van der Waals surface area (Å²) >= 11 is 0. The van der Waals surface area contributed by atoms with Crippen molar-refractivity contribution >= 4 is 0 Å². The van der Waals surface area contributed by atoms with E-state index >= 15 is 0 Å². The Bertz CT molecular complexity index is 230. The van der Waals surface area contributed by atoms with Gasteiger partial charge in [-0.2, -0.15) is 0 Å². The molecule has 2 saturated heterocycles. The highest BCUT2D eigenvalue weighted by Gasteiger charge is 2.28. The van der Waals surface area contributed by atoms with Crippen LogP contribution in [0.3, 0.4) is 0 Å². The minimum absolute atomic E-state index is 0.437. The number of piperidine rings is 1. The van der Waals surface area contributed by atoms with Gasteiger partial charge in [-0.1, -0.05) is 6.92 Å². The van der Waals surface area contributed by atoms with Crippen molar-refractivity contribution in [1.29, 1.82) is 0 Å². The number of likely N-dealkylation sites (N-methyl/N-ethyl adjacent to an activating group) is 1. The average molecular weight is 256 g/mol. The monoisotopic (exact) mass is 256 g/mol. The van der Waals surface area contributed by atoms with Crippen LogP contribution in [-0.4, -0.2) is 63.0 Å². The Balaban J connectivity index is 1.63. The zero-order valence-corrected chi connectivity index (χ0v) is 11.9. The molecule has 2 aliphatic heterocycles. The van der Waals surface area contributed by atoms with Crippen molar-refractivity contribution in [3.05, 3.63) is 0 Å². The predicted octanol–water partition coefficient (Wildman–Crippen LogP) is 1.25.